The van der Waals surface area contributed by atoms with Gasteiger partial charge < -0.3 is 15.4 Å². The summed E-state index contributed by atoms with van der Waals surface area (Å²) >= 11 is 0. The first-order chi connectivity index (χ1) is 8.18. The maximum absolute atomic E-state index is 11.8. The zero-order chi connectivity index (χ0) is 12.1. The van der Waals surface area contributed by atoms with Crippen molar-refractivity contribution in [3.05, 3.63) is 0 Å². The number of carbonyl (C=O) groups is 1. The minimum atomic E-state index is 0.192. The van der Waals surface area contributed by atoms with Crippen molar-refractivity contribution in [3.8, 4) is 0 Å². The maximum Gasteiger partial charge on any atom is 0.221 e. The fraction of sp³-hybridized carbons (Fsp3) is 0.923. The monoisotopic (exact) mass is 240 g/mol. The molecule has 2 aliphatic heterocycles. The van der Waals surface area contributed by atoms with Crippen LogP contribution in [0.2, 0.25) is 0 Å². The molecule has 0 saturated carbocycles. The first-order valence-electron chi connectivity index (χ1n) is 6.76. The molecule has 98 valence electrons. The fourth-order valence-corrected chi connectivity index (χ4v) is 2.58. The lowest BCUT2D eigenvalue weighted by Gasteiger charge is -2.33. The van der Waals surface area contributed by atoms with E-state index < -0.39 is 0 Å². The first kappa shape index (κ1) is 12.8. The highest BCUT2D eigenvalue weighted by atomic mass is 16.5. The van der Waals surface area contributed by atoms with Crippen molar-refractivity contribution in [1.82, 2.24) is 10.6 Å². The third kappa shape index (κ3) is 3.96. The number of hydrogen-bond donors (Lipinski definition) is 2. The number of carbonyl (C=O) groups excluding carboxylic acids is 1. The molecule has 2 rings (SSSR count). The van der Waals surface area contributed by atoms with E-state index in [9.17, 15) is 4.79 Å². The third-order valence-corrected chi connectivity index (χ3v) is 4.01. The van der Waals surface area contributed by atoms with Gasteiger partial charge in [0.1, 0.15) is 0 Å². The zero-order valence-electron chi connectivity index (χ0n) is 10.8. The van der Waals surface area contributed by atoms with Gasteiger partial charge in [0.15, 0.2) is 0 Å². The quantitative estimate of drug-likeness (QED) is 0.772. The van der Waals surface area contributed by atoms with E-state index in [1.165, 1.54) is 6.42 Å². The summed E-state index contributed by atoms with van der Waals surface area (Å²) in [4.78, 5) is 11.8. The molecule has 2 fully saturated rings. The van der Waals surface area contributed by atoms with Crippen LogP contribution in [0.15, 0.2) is 0 Å². The summed E-state index contributed by atoms with van der Waals surface area (Å²) in [7, 11) is 0. The van der Waals surface area contributed by atoms with E-state index in [1.54, 1.807) is 0 Å². The van der Waals surface area contributed by atoms with Crippen LogP contribution in [0.4, 0.5) is 0 Å². The number of ether oxygens (including phenoxy) is 1. The zero-order valence-corrected chi connectivity index (χ0v) is 10.8. The molecule has 17 heavy (non-hydrogen) atoms. The van der Waals surface area contributed by atoms with Crippen molar-refractivity contribution >= 4 is 5.91 Å². The predicted molar refractivity (Wildman–Crippen MR) is 66.8 cm³/mol. The van der Waals surface area contributed by atoms with Crippen LogP contribution in [-0.4, -0.2) is 38.3 Å². The van der Waals surface area contributed by atoms with Crippen LogP contribution in [0.5, 0.6) is 0 Å². The van der Waals surface area contributed by atoms with E-state index >= 15 is 0 Å². The standard InChI is InChI=1S/C13H24N2O2/c1-13(4-7-17-8-5-13)10-15-12(16)9-11-3-2-6-14-11/h11,14H,2-10H2,1H3,(H,15,16). The van der Waals surface area contributed by atoms with E-state index in [0.717, 1.165) is 45.6 Å². The Morgan fingerprint density at radius 1 is 1.47 bits per heavy atom. The van der Waals surface area contributed by atoms with Crippen LogP contribution in [-0.2, 0) is 9.53 Å². The molecule has 0 aromatic rings. The van der Waals surface area contributed by atoms with Crippen LogP contribution in [0.1, 0.15) is 39.0 Å². The largest absolute Gasteiger partial charge is 0.381 e. The summed E-state index contributed by atoms with van der Waals surface area (Å²) < 4.78 is 5.36. The summed E-state index contributed by atoms with van der Waals surface area (Å²) in [6, 6.07) is 0.400. The van der Waals surface area contributed by atoms with Crippen LogP contribution >= 0.6 is 0 Å². The summed E-state index contributed by atoms with van der Waals surface area (Å²) in [6.45, 7) is 5.76. The molecule has 4 nitrogen and oxygen atoms in total. The molecule has 2 saturated heterocycles. The molecule has 2 heterocycles. The van der Waals surface area contributed by atoms with Crippen molar-refractivity contribution in [2.75, 3.05) is 26.3 Å². The average Bonchev–Trinajstić information content (AvgIpc) is 2.80. The Morgan fingerprint density at radius 3 is 2.88 bits per heavy atom. The van der Waals surface area contributed by atoms with Crippen LogP contribution < -0.4 is 10.6 Å². The molecule has 2 N–H and O–H groups in total. The van der Waals surface area contributed by atoms with E-state index in [1.807, 2.05) is 0 Å². The molecule has 2 aliphatic rings. The van der Waals surface area contributed by atoms with Crippen molar-refractivity contribution in [2.45, 2.75) is 45.1 Å². The maximum atomic E-state index is 11.8. The molecule has 0 aliphatic carbocycles. The Kier molecular flexibility index (Phi) is 4.40. The van der Waals surface area contributed by atoms with E-state index in [-0.39, 0.29) is 11.3 Å². The molecule has 0 aromatic carbocycles. The van der Waals surface area contributed by atoms with Crippen LogP contribution in [0, 0.1) is 5.41 Å². The van der Waals surface area contributed by atoms with E-state index in [0.29, 0.717) is 12.5 Å². The van der Waals surface area contributed by atoms with Gasteiger partial charge in [0.05, 0.1) is 0 Å². The Bertz CT molecular complexity index is 256. The van der Waals surface area contributed by atoms with Crippen LogP contribution in [0.3, 0.4) is 0 Å². The van der Waals surface area contributed by atoms with E-state index in [4.69, 9.17) is 4.74 Å². The van der Waals surface area contributed by atoms with Gasteiger partial charge in [-0.15, -0.1) is 0 Å². The number of hydrogen-bond acceptors (Lipinski definition) is 3. The van der Waals surface area contributed by atoms with Gasteiger partial charge in [-0.1, -0.05) is 6.92 Å². The predicted octanol–water partition coefficient (Wildman–Crippen LogP) is 1.06. The summed E-state index contributed by atoms with van der Waals surface area (Å²) in [5.41, 5.74) is 0.233. The minimum absolute atomic E-state index is 0.192. The first-order valence-corrected chi connectivity index (χ1v) is 6.76. The third-order valence-electron chi connectivity index (χ3n) is 4.01. The molecule has 0 aromatic heterocycles. The highest BCUT2D eigenvalue weighted by molar-refractivity contribution is 5.76. The number of nitrogens with one attached hydrogen (secondary N) is 2. The second-order valence-corrected chi connectivity index (χ2v) is 5.70. The van der Waals surface area contributed by atoms with Crippen molar-refractivity contribution in [3.63, 3.8) is 0 Å². The molecule has 1 unspecified atom stereocenters. The van der Waals surface area contributed by atoms with Gasteiger partial charge in [-0.05, 0) is 37.6 Å². The molecule has 0 radical (unpaired) electrons. The van der Waals surface area contributed by atoms with Gasteiger partial charge in [-0.2, -0.15) is 0 Å². The van der Waals surface area contributed by atoms with Crippen LogP contribution in [0.25, 0.3) is 0 Å². The number of amides is 1. The minimum Gasteiger partial charge on any atom is -0.381 e. The fourth-order valence-electron chi connectivity index (χ4n) is 2.58. The molecule has 0 bridgehead atoms. The topological polar surface area (TPSA) is 50.4 Å². The lowest BCUT2D eigenvalue weighted by atomic mass is 9.82. The van der Waals surface area contributed by atoms with E-state index in [2.05, 4.69) is 17.6 Å². The summed E-state index contributed by atoms with van der Waals surface area (Å²) in [5, 5.41) is 6.44. The van der Waals surface area contributed by atoms with Gasteiger partial charge in [0, 0.05) is 32.2 Å². The SMILES string of the molecule is CC1(CNC(=O)CC2CCCN2)CCOCC1. The molecule has 0 spiro atoms. The molecule has 1 atom stereocenters. The lowest BCUT2D eigenvalue weighted by Crippen LogP contribution is -2.41. The second-order valence-electron chi connectivity index (χ2n) is 5.70. The van der Waals surface area contributed by atoms with Crippen molar-refractivity contribution in [2.24, 2.45) is 5.41 Å². The highest BCUT2D eigenvalue weighted by Gasteiger charge is 2.28. The Labute approximate surface area is 103 Å². The van der Waals surface area contributed by atoms with Gasteiger partial charge in [0.2, 0.25) is 5.91 Å². The van der Waals surface area contributed by atoms with Gasteiger partial charge in [-0.25, -0.2) is 0 Å². The molecular weight excluding hydrogens is 216 g/mol. The molecular formula is C13H24N2O2. The van der Waals surface area contributed by atoms with Gasteiger partial charge in [-0.3, -0.25) is 4.79 Å². The Hall–Kier alpha value is -0.610. The Morgan fingerprint density at radius 2 is 2.24 bits per heavy atom. The Balaban J connectivity index is 1.67. The molecule has 4 heteroatoms. The summed E-state index contributed by atoms with van der Waals surface area (Å²) in [5.74, 6) is 0.192. The number of rotatable bonds is 4. The van der Waals surface area contributed by atoms with Crippen molar-refractivity contribution in [1.29, 1.82) is 0 Å². The normalized spacial score (nSPS) is 27.9. The van der Waals surface area contributed by atoms with Crippen molar-refractivity contribution < 1.29 is 9.53 Å². The smallest absolute Gasteiger partial charge is 0.221 e. The molecule has 1 amide bonds. The summed E-state index contributed by atoms with van der Waals surface area (Å²) in [6.07, 6.45) is 5.07. The second kappa shape index (κ2) is 5.83. The van der Waals surface area contributed by atoms with Gasteiger partial charge >= 0.3 is 0 Å². The lowest BCUT2D eigenvalue weighted by molar-refractivity contribution is -0.122. The highest BCUT2D eigenvalue weighted by Crippen LogP contribution is 2.28. The van der Waals surface area contributed by atoms with Gasteiger partial charge in [0.25, 0.3) is 0 Å². The average molecular weight is 240 g/mol.